The average molecular weight is 322 g/mol. The van der Waals surface area contributed by atoms with Crippen molar-refractivity contribution in [3.8, 4) is 0 Å². The number of fused-ring (bicyclic) bond motifs is 1. The van der Waals surface area contributed by atoms with Gasteiger partial charge in [0.25, 0.3) is 5.56 Å². The molecule has 2 aromatic rings. The summed E-state index contributed by atoms with van der Waals surface area (Å²) in [6.07, 6.45) is 0.0800. The highest BCUT2D eigenvalue weighted by molar-refractivity contribution is 5.78. The minimum Gasteiger partial charge on any atom is -0.395 e. The normalized spacial score (nSPS) is 13.2. The van der Waals surface area contributed by atoms with Crippen LogP contribution in [0.15, 0.2) is 29.1 Å². The number of hydrogen-bond donors (Lipinski definition) is 2. The van der Waals surface area contributed by atoms with Crippen molar-refractivity contribution in [1.82, 2.24) is 9.88 Å². The number of ether oxygens (including phenoxy) is 1. The number of halogens is 1. The quantitative estimate of drug-likeness (QED) is 0.817. The fourth-order valence-electron chi connectivity index (χ4n) is 2.36. The van der Waals surface area contributed by atoms with Crippen molar-refractivity contribution < 1.29 is 14.2 Å². The Balaban J connectivity index is 2.18. The molecule has 0 aliphatic heterocycles. The first-order valence-electron chi connectivity index (χ1n) is 7.65. The van der Waals surface area contributed by atoms with Crippen molar-refractivity contribution in [3.63, 3.8) is 0 Å². The van der Waals surface area contributed by atoms with Crippen molar-refractivity contribution in [3.05, 3.63) is 46.0 Å². The molecule has 0 spiro atoms. The predicted octanol–water partition coefficient (Wildman–Crippen LogP) is 1.88. The number of aliphatic hydroxyl groups excluding tert-OH is 1. The van der Waals surface area contributed by atoms with E-state index in [0.29, 0.717) is 24.2 Å². The largest absolute Gasteiger partial charge is 0.395 e. The summed E-state index contributed by atoms with van der Waals surface area (Å²) in [6.45, 7) is 4.57. The van der Waals surface area contributed by atoms with E-state index in [-0.39, 0.29) is 30.1 Å². The van der Waals surface area contributed by atoms with Crippen LogP contribution in [-0.2, 0) is 11.3 Å². The van der Waals surface area contributed by atoms with Gasteiger partial charge in [-0.05, 0) is 50.5 Å². The summed E-state index contributed by atoms with van der Waals surface area (Å²) in [7, 11) is 1.83. The van der Waals surface area contributed by atoms with Crippen molar-refractivity contribution in [1.29, 1.82) is 0 Å². The number of benzene rings is 1. The van der Waals surface area contributed by atoms with Gasteiger partial charge in [0.1, 0.15) is 5.82 Å². The molecular weight excluding hydrogens is 299 g/mol. The lowest BCUT2D eigenvalue weighted by molar-refractivity contribution is 0.0104. The van der Waals surface area contributed by atoms with Crippen molar-refractivity contribution >= 4 is 10.9 Å². The van der Waals surface area contributed by atoms with Crippen molar-refractivity contribution in [2.75, 3.05) is 20.3 Å². The van der Waals surface area contributed by atoms with Gasteiger partial charge in [0, 0.05) is 12.1 Å². The van der Waals surface area contributed by atoms with Crippen LogP contribution in [0, 0.1) is 5.82 Å². The molecule has 1 heterocycles. The average Bonchev–Trinajstić information content (AvgIpc) is 2.48. The van der Waals surface area contributed by atoms with E-state index in [9.17, 15) is 14.3 Å². The number of pyridine rings is 1. The number of aromatic nitrogens is 1. The zero-order valence-corrected chi connectivity index (χ0v) is 13.7. The Morgan fingerprint density at radius 1 is 1.35 bits per heavy atom. The minimum absolute atomic E-state index is 0.0556. The minimum atomic E-state index is -0.385. The van der Waals surface area contributed by atoms with Gasteiger partial charge in [-0.25, -0.2) is 4.39 Å². The monoisotopic (exact) mass is 322 g/mol. The first kappa shape index (κ1) is 17.6. The van der Waals surface area contributed by atoms with E-state index >= 15 is 0 Å². The maximum atomic E-state index is 13.2. The first-order valence-corrected chi connectivity index (χ1v) is 7.65. The van der Waals surface area contributed by atoms with Crippen LogP contribution in [0.5, 0.6) is 0 Å². The number of nitrogens with one attached hydrogen (secondary N) is 1. The Morgan fingerprint density at radius 2 is 2.09 bits per heavy atom. The predicted molar refractivity (Wildman–Crippen MR) is 88.0 cm³/mol. The smallest absolute Gasteiger partial charge is 0.252 e. The number of aliphatic hydroxyl groups is 1. The van der Waals surface area contributed by atoms with Gasteiger partial charge in [0.05, 0.1) is 30.9 Å². The lowest BCUT2D eigenvalue weighted by Crippen LogP contribution is -2.39. The number of H-pyrrole nitrogens is 1. The summed E-state index contributed by atoms with van der Waals surface area (Å²) in [5.41, 5.74) is 0.786. The maximum absolute atomic E-state index is 13.2. The molecule has 0 aliphatic rings. The molecule has 1 atom stereocenters. The highest BCUT2D eigenvalue weighted by Gasteiger charge is 2.16. The van der Waals surface area contributed by atoms with E-state index in [1.807, 2.05) is 25.8 Å². The Bertz CT molecular complexity index is 715. The van der Waals surface area contributed by atoms with Gasteiger partial charge >= 0.3 is 0 Å². The van der Waals surface area contributed by atoms with Crippen LogP contribution in [-0.4, -0.2) is 47.4 Å². The van der Waals surface area contributed by atoms with Gasteiger partial charge in [-0.15, -0.1) is 0 Å². The molecule has 0 bridgehead atoms. The van der Waals surface area contributed by atoms with Gasteiger partial charge in [-0.3, -0.25) is 9.69 Å². The van der Waals surface area contributed by atoms with E-state index in [1.165, 1.54) is 12.1 Å². The van der Waals surface area contributed by atoms with Crippen LogP contribution in [0.25, 0.3) is 10.9 Å². The highest BCUT2D eigenvalue weighted by atomic mass is 19.1. The lowest BCUT2D eigenvalue weighted by Gasteiger charge is -2.26. The summed E-state index contributed by atoms with van der Waals surface area (Å²) in [5, 5.41) is 10.3. The molecule has 1 unspecified atom stereocenters. The number of rotatable bonds is 7. The zero-order chi connectivity index (χ0) is 17.0. The second-order valence-corrected chi connectivity index (χ2v) is 5.99. The van der Waals surface area contributed by atoms with E-state index in [1.54, 1.807) is 12.1 Å². The zero-order valence-electron chi connectivity index (χ0n) is 13.7. The third-order valence-corrected chi connectivity index (χ3v) is 3.76. The number of likely N-dealkylation sites (N-methyl/N-ethyl adjacent to an activating group) is 1. The molecule has 0 saturated carbocycles. The van der Waals surface area contributed by atoms with Crippen LogP contribution in [0.4, 0.5) is 4.39 Å². The molecule has 0 fully saturated rings. The van der Waals surface area contributed by atoms with E-state index < -0.39 is 0 Å². The molecule has 1 aromatic carbocycles. The highest BCUT2D eigenvalue weighted by Crippen LogP contribution is 2.14. The SMILES string of the molecule is CC(C)OCC(CO)N(C)Cc1cc2ccc(F)cc2[nH]c1=O. The number of aromatic amines is 1. The third kappa shape index (κ3) is 4.60. The van der Waals surface area contributed by atoms with Crippen LogP contribution in [0.1, 0.15) is 19.4 Å². The van der Waals surface area contributed by atoms with Gasteiger partial charge in [0.15, 0.2) is 0 Å². The molecule has 0 saturated heterocycles. The molecule has 6 heteroatoms. The fourth-order valence-corrected chi connectivity index (χ4v) is 2.36. The molecule has 5 nitrogen and oxygen atoms in total. The van der Waals surface area contributed by atoms with Gasteiger partial charge in [-0.2, -0.15) is 0 Å². The maximum Gasteiger partial charge on any atom is 0.252 e. The Hall–Kier alpha value is -1.76. The molecular formula is C17H23FN2O3. The van der Waals surface area contributed by atoms with Crippen LogP contribution >= 0.6 is 0 Å². The molecule has 0 radical (unpaired) electrons. The third-order valence-electron chi connectivity index (χ3n) is 3.76. The molecule has 23 heavy (non-hydrogen) atoms. The molecule has 0 amide bonds. The van der Waals surface area contributed by atoms with Crippen LogP contribution in [0.3, 0.4) is 0 Å². The second kappa shape index (κ2) is 7.68. The summed E-state index contributed by atoms with van der Waals surface area (Å²) in [4.78, 5) is 16.7. The second-order valence-electron chi connectivity index (χ2n) is 5.99. The summed E-state index contributed by atoms with van der Waals surface area (Å²) < 4.78 is 18.7. The van der Waals surface area contributed by atoms with E-state index in [4.69, 9.17) is 4.74 Å². The molecule has 2 rings (SSSR count). The number of hydrogen-bond acceptors (Lipinski definition) is 4. The molecule has 0 aliphatic carbocycles. The summed E-state index contributed by atoms with van der Waals surface area (Å²) in [6, 6.07) is 5.86. The van der Waals surface area contributed by atoms with E-state index in [2.05, 4.69) is 4.98 Å². The van der Waals surface area contributed by atoms with Crippen LogP contribution < -0.4 is 5.56 Å². The Labute approximate surface area is 134 Å². The molecule has 1 aromatic heterocycles. The van der Waals surface area contributed by atoms with Crippen molar-refractivity contribution in [2.24, 2.45) is 0 Å². The van der Waals surface area contributed by atoms with Crippen molar-refractivity contribution in [2.45, 2.75) is 32.5 Å². The fraction of sp³-hybridized carbons (Fsp3) is 0.471. The van der Waals surface area contributed by atoms with Gasteiger partial charge < -0.3 is 14.8 Å². The van der Waals surface area contributed by atoms with Crippen LogP contribution in [0.2, 0.25) is 0 Å². The lowest BCUT2D eigenvalue weighted by atomic mass is 10.1. The summed E-state index contributed by atoms with van der Waals surface area (Å²) >= 11 is 0. The topological polar surface area (TPSA) is 65.6 Å². The Morgan fingerprint density at radius 3 is 2.74 bits per heavy atom. The molecule has 126 valence electrons. The first-order chi connectivity index (χ1) is 10.9. The molecule has 2 N–H and O–H groups in total. The number of nitrogens with zero attached hydrogens (tertiary/aromatic N) is 1. The summed E-state index contributed by atoms with van der Waals surface area (Å²) in [5.74, 6) is -0.385. The standard InChI is InChI=1S/C17H23FN2O3/c1-11(2)23-10-15(9-21)20(3)8-13-6-12-4-5-14(18)7-16(12)19-17(13)22/h4-7,11,15,21H,8-10H2,1-3H3,(H,19,22). The van der Waals surface area contributed by atoms with Gasteiger partial charge in [-0.1, -0.05) is 0 Å². The van der Waals surface area contributed by atoms with E-state index in [0.717, 1.165) is 5.39 Å². The Kier molecular flexibility index (Phi) is 5.87. The van der Waals surface area contributed by atoms with Gasteiger partial charge in [0.2, 0.25) is 0 Å².